The van der Waals surface area contributed by atoms with Crippen molar-refractivity contribution in [2.24, 2.45) is 11.3 Å². The van der Waals surface area contributed by atoms with Crippen molar-refractivity contribution in [1.82, 2.24) is 9.55 Å². The van der Waals surface area contributed by atoms with Crippen LogP contribution in [-0.4, -0.2) is 45.4 Å². The summed E-state index contributed by atoms with van der Waals surface area (Å²) in [6.45, 7) is 7.63. The van der Waals surface area contributed by atoms with E-state index in [9.17, 15) is 18.8 Å². The second kappa shape index (κ2) is 8.46. The van der Waals surface area contributed by atoms with Crippen LogP contribution in [0.3, 0.4) is 0 Å². The Morgan fingerprint density at radius 3 is 2.53 bits per heavy atom. The summed E-state index contributed by atoms with van der Waals surface area (Å²) in [5, 5.41) is 0. The topological polar surface area (TPSA) is 123 Å². The number of carbonyl (C=O) groups excluding carboxylic acids is 2. The van der Waals surface area contributed by atoms with Gasteiger partial charge >= 0.3 is 17.6 Å². The first kappa shape index (κ1) is 24.0. The Morgan fingerprint density at radius 2 is 2.03 bits per heavy atom. The maximum Gasteiger partial charge on any atom is 0.351 e. The number of halogens is 3. The molecule has 2 N–H and O–H groups in total. The Balaban J connectivity index is 2.55. The monoisotopic (exact) mass is 451 g/mol. The van der Waals surface area contributed by atoms with Crippen molar-refractivity contribution in [3.05, 3.63) is 22.5 Å². The number of esters is 2. The van der Waals surface area contributed by atoms with E-state index in [0.717, 1.165) is 0 Å². The van der Waals surface area contributed by atoms with Gasteiger partial charge < -0.3 is 19.9 Å². The normalized spacial score (nSPS) is 26.6. The number of nitrogen functional groups attached to an aromatic ring is 1. The zero-order chi connectivity index (χ0) is 23.0. The number of rotatable bonds is 5. The fourth-order valence-electron chi connectivity index (χ4n) is 2.52. The minimum absolute atomic E-state index is 0.492. The molecule has 1 aliphatic heterocycles. The molecule has 0 unspecified atom stereocenters. The highest BCUT2D eigenvalue weighted by molar-refractivity contribution is 6.18. The quantitative estimate of drug-likeness (QED) is 0.532. The highest BCUT2D eigenvalue weighted by Gasteiger charge is 2.62. The van der Waals surface area contributed by atoms with Gasteiger partial charge in [-0.3, -0.25) is 14.2 Å². The number of hydrogen-bond acceptors (Lipinski definition) is 8. The molecule has 4 atom stereocenters. The van der Waals surface area contributed by atoms with Gasteiger partial charge in [0.05, 0.1) is 23.4 Å². The fourth-order valence-corrected chi connectivity index (χ4v) is 2.79. The van der Waals surface area contributed by atoms with E-state index in [1.54, 1.807) is 0 Å². The summed E-state index contributed by atoms with van der Waals surface area (Å²) in [6.07, 6.45) is -5.33. The van der Waals surface area contributed by atoms with Gasteiger partial charge in [0, 0.05) is 0 Å². The lowest BCUT2D eigenvalue weighted by molar-refractivity contribution is -0.255. The minimum Gasteiger partial charge on any atom is -0.452 e. The molecular weight excluding hydrogens is 428 g/mol. The Bertz CT molecular complexity index is 888. The van der Waals surface area contributed by atoms with Crippen LogP contribution in [0.5, 0.6) is 0 Å². The van der Waals surface area contributed by atoms with E-state index in [1.165, 1.54) is 34.6 Å². The van der Waals surface area contributed by atoms with E-state index in [0.29, 0.717) is 10.8 Å². The number of hydrogen-bond donors (Lipinski definition) is 1. The molecule has 1 saturated heterocycles. The molecule has 1 fully saturated rings. The zero-order valence-corrected chi connectivity index (χ0v) is 17.9. The molecule has 0 bridgehead atoms. The first-order chi connectivity index (χ1) is 13.7. The van der Waals surface area contributed by atoms with Crippen LogP contribution >= 0.6 is 11.6 Å². The lowest BCUT2D eigenvalue weighted by atomic mass is 9.97. The van der Waals surface area contributed by atoms with Crippen LogP contribution in [0.15, 0.2) is 11.0 Å². The number of carbonyl (C=O) groups is 2. The van der Waals surface area contributed by atoms with Crippen molar-refractivity contribution in [3.63, 3.8) is 0 Å². The summed E-state index contributed by atoms with van der Waals surface area (Å²) >= 11 is 5.97. The number of nitrogens with two attached hydrogens (primary N) is 1. The summed E-state index contributed by atoms with van der Waals surface area (Å²) < 4.78 is 45.8. The van der Waals surface area contributed by atoms with Gasteiger partial charge in [0.2, 0.25) is 6.10 Å². The molecule has 0 aliphatic carbocycles. The van der Waals surface area contributed by atoms with Gasteiger partial charge in [-0.05, 0) is 20.8 Å². The highest BCUT2D eigenvalue weighted by Crippen LogP contribution is 2.43. The van der Waals surface area contributed by atoms with Gasteiger partial charge in [0.1, 0.15) is 0 Å². The second-order valence-corrected chi connectivity index (χ2v) is 8.48. The van der Waals surface area contributed by atoms with Crippen molar-refractivity contribution in [2.45, 2.75) is 58.9 Å². The number of nitrogens with zero attached hydrogens (tertiary/aromatic N) is 2. The Labute approximate surface area is 176 Å². The molecule has 30 heavy (non-hydrogen) atoms. The summed E-state index contributed by atoms with van der Waals surface area (Å²) in [5.41, 5.74) is 3.09. The van der Waals surface area contributed by atoms with Crippen LogP contribution in [0.25, 0.3) is 0 Å². The molecule has 12 heteroatoms. The predicted octanol–water partition coefficient (Wildman–Crippen LogP) is 1.92. The lowest BCUT2D eigenvalue weighted by Gasteiger charge is -2.33. The van der Waals surface area contributed by atoms with Crippen LogP contribution in [0.4, 0.5) is 14.6 Å². The van der Waals surface area contributed by atoms with Gasteiger partial charge in [-0.1, -0.05) is 13.8 Å². The summed E-state index contributed by atoms with van der Waals surface area (Å²) in [7, 11) is 0. The van der Waals surface area contributed by atoms with E-state index >= 15 is 4.39 Å². The van der Waals surface area contributed by atoms with E-state index in [-0.39, 0.29) is 0 Å². The molecule has 0 radical (unpaired) electrons. The third-order valence-corrected chi connectivity index (χ3v) is 4.67. The number of aromatic nitrogens is 2. The standard InChI is InChI=1S/C18H24ClF2N3O6/c1-8(2)14(25)28-11-10(21)13(24-6-9(20)12(22)23-16(24)27)29-18(11,7-19)30-15(26)17(3,4)5/h6,8,10-11,13H,7H2,1-5H3,(H2,22,23,27)/t10-,11-,13+,18-/m0/s1. The predicted molar refractivity (Wildman–Crippen MR) is 102 cm³/mol. The molecule has 1 aromatic rings. The van der Waals surface area contributed by atoms with E-state index < -0.39 is 70.8 Å². The van der Waals surface area contributed by atoms with Gasteiger partial charge in [-0.25, -0.2) is 13.6 Å². The molecule has 0 amide bonds. The molecule has 9 nitrogen and oxygen atoms in total. The Morgan fingerprint density at radius 1 is 1.43 bits per heavy atom. The average Bonchev–Trinajstić information content (AvgIpc) is 2.90. The lowest BCUT2D eigenvalue weighted by Crippen LogP contribution is -2.51. The van der Waals surface area contributed by atoms with Crippen molar-refractivity contribution in [1.29, 1.82) is 0 Å². The summed E-state index contributed by atoms with van der Waals surface area (Å²) in [6, 6.07) is 0. The zero-order valence-electron chi connectivity index (χ0n) is 17.1. The van der Waals surface area contributed by atoms with Crippen molar-refractivity contribution >= 4 is 29.4 Å². The van der Waals surface area contributed by atoms with Crippen molar-refractivity contribution in [2.75, 3.05) is 11.6 Å². The summed E-state index contributed by atoms with van der Waals surface area (Å²) in [5.74, 6) is -6.98. The van der Waals surface area contributed by atoms with Gasteiger partial charge in [0.15, 0.2) is 24.0 Å². The molecule has 1 aromatic heterocycles. The van der Waals surface area contributed by atoms with E-state index in [2.05, 4.69) is 4.98 Å². The first-order valence-corrected chi connectivity index (χ1v) is 9.63. The van der Waals surface area contributed by atoms with Crippen molar-refractivity contribution < 1.29 is 32.6 Å². The minimum atomic E-state index is -2.27. The maximum absolute atomic E-state index is 15.4. The highest BCUT2D eigenvalue weighted by atomic mass is 35.5. The molecule has 0 aromatic carbocycles. The van der Waals surface area contributed by atoms with Gasteiger partial charge in [-0.2, -0.15) is 4.98 Å². The molecule has 2 heterocycles. The van der Waals surface area contributed by atoms with Crippen molar-refractivity contribution in [3.8, 4) is 0 Å². The Hall–Kier alpha value is -2.27. The van der Waals surface area contributed by atoms with Crippen LogP contribution in [-0.2, 0) is 23.8 Å². The van der Waals surface area contributed by atoms with E-state index in [4.69, 9.17) is 31.5 Å². The maximum atomic E-state index is 15.4. The van der Waals surface area contributed by atoms with Crippen LogP contribution in [0.2, 0.25) is 0 Å². The molecule has 168 valence electrons. The second-order valence-electron chi connectivity index (χ2n) is 8.21. The largest absolute Gasteiger partial charge is 0.452 e. The molecule has 1 aliphatic rings. The number of alkyl halides is 2. The van der Waals surface area contributed by atoms with Gasteiger partial charge in [0.25, 0.3) is 5.79 Å². The fraction of sp³-hybridized carbons (Fsp3) is 0.667. The molecule has 0 saturated carbocycles. The first-order valence-electron chi connectivity index (χ1n) is 9.09. The van der Waals surface area contributed by atoms with Gasteiger partial charge in [-0.15, -0.1) is 11.6 Å². The smallest absolute Gasteiger partial charge is 0.351 e. The SMILES string of the molecule is CC(C)C(=O)O[C@H]1[C@H](F)[C@H](n2cc(F)c(N)nc2=O)O[C@@]1(CCl)OC(=O)C(C)(C)C. The summed E-state index contributed by atoms with van der Waals surface area (Å²) in [4.78, 5) is 40.0. The molecular formula is C18H24ClF2N3O6. The average molecular weight is 452 g/mol. The third-order valence-electron chi connectivity index (χ3n) is 4.30. The third kappa shape index (κ3) is 4.56. The van der Waals surface area contributed by atoms with Crippen LogP contribution < -0.4 is 11.4 Å². The van der Waals surface area contributed by atoms with Crippen LogP contribution in [0.1, 0.15) is 40.8 Å². The molecule has 0 spiro atoms. The number of anilines is 1. The Kier molecular flexibility index (Phi) is 6.77. The number of ether oxygens (including phenoxy) is 3. The molecule has 2 rings (SSSR count). The van der Waals surface area contributed by atoms with E-state index in [1.807, 2.05) is 0 Å². The van der Waals surface area contributed by atoms with Crippen LogP contribution in [0, 0.1) is 17.2 Å².